The van der Waals surface area contributed by atoms with Gasteiger partial charge in [-0.15, -0.1) is 10.2 Å². The van der Waals surface area contributed by atoms with Crippen LogP contribution in [-0.4, -0.2) is 56.1 Å². The Kier molecular flexibility index (Phi) is 9.66. The summed E-state index contributed by atoms with van der Waals surface area (Å²) in [6.07, 6.45) is 8.39. The van der Waals surface area contributed by atoms with E-state index in [1.165, 1.54) is 28.2 Å². The van der Waals surface area contributed by atoms with Crippen molar-refractivity contribution in [2.24, 2.45) is 0 Å². The minimum Gasteiger partial charge on any atom is -0.346 e. The fourth-order valence-corrected chi connectivity index (χ4v) is 4.99. The molecule has 0 spiro atoms. The third-order valence-electron chi connectivity index (χ3n) is 6.32. The number of hydrogen-bond donors (Lipinski definition) is 2. The summed E-state index contributed by atoms with van der Waals surface area (Å²) < 4.78 is 15.9. The number of unbranched alkanes of at least 4 members (excludes halogenated alkanes) is 1. The Balaban J connectivity index is 1.20. The summed E-state index contributed by atoms with van der Waals surface area (Å²) in [5.74, 6) is -1.57. The van der Waals surface area contributed by atoms with Gasteiger partial charge in [-0.2, -0.15) is 4.39 Å². The number of nitrogens with one attached hydrogen (secondary N) is 2. The summed E-state index contributed by atoms with van der Waals surface area (Å²) >= 11 is 1.23. The Morgan fingerprint density at radius 1 is 1.11 bits per heavy atom. The number of carbonyl (C=O) groups excluding carboxylic acids is 2. The maximum Gasteiger partial charge on any atom is 0.288 e. The van der Waals surface area contributed by atoms with Gasteiger partial charge in [0, 0.05) is 37.6 Å². The molecule has 2 amide bonds. The summed E-state index contributed by atoms with van der Waals surface area (Å²) in [5.41, 5.74) is 0.951. The van der Waals surface area contributed by atoms with E-state index in [1.807, 2.05) is 24.0 Å². The number of hydrogen-bond acceptors (Lipinski definition) is 8. The number of aryl methyl sites for hydroxylation is 3. The molecule has 0 atom stereocenters. The largest absolute Gasteiger partial charge is 0.346 e. The van der Waals surface area contributed by atoms with Gasteiger partial charge >= 0.3 is 0 Å². The van der Waals surface area contributed by atoms with Gasteiger partial charge in [-0.3, -0.25) is 24.3 Å². The van der Waals surface area contributed by atoms with Gasteiger partial charge in [0.2, 0.25) is 16.7 Å². The first-order chi connectivity index (χ1) is 18.4. The van der Waals surface area contributed by atoms with Crippen LogP contribution in [0.4, 0.5) is 10.1 Å². The van der Waals surface area contributed by atoms with Gasteiger partial charge in [-0.05, 0) is 63.4 Å². The molecule has 0 saturated carbocycles. The van der Waals surface area contributed by atoms with Gasteiger partial charge < -0.3 is 15.2 Å². The number of halogens is 1. The Morgan fingerprint density at radius 2 is 1.92 bits per heavy atom. The Morgan fingerprint density at radius 3 is 2.68 bits per heavy atom. The van der Waals surface area contributed by atoms with Crippen molar-refractivity contribution in [1.29, 1.82) is 0 Å². The molecule has 38 heavy (non-hydrogen) atoms. The zero-order chi connectivity index (χ0) is 26.9. The number of nitrogens with zero attached hydrogens (tertiary/aromatic N) is 5. The minimum absolute atomic E-state index is 0.0911. The van der Waals surface area contributed by atoms with Crippen LogP contribution < -0.4 is 16.2 Å². The predicted octanol–water partition coefficient (Wildman–Crippen LogP) is 2.92. The van der Waals surface area contributed by atoms with Crippen LogP contribution in [0.15, 0.2) is 35.4 Å². The first-order valence-corrected chi connectivity index (χ1v) is 13.6. The number of rotatable bonds is 11. The van der Waals surface area contributed by atoms with E-state index in [0.717, 1.165) is 48.6 Å². The molecule has 202 valence electrons. The third kappa shape index (κ3) is 7.75. The summed E-state index contributed by atoms with van der Waals surface area (Å²) in [5, 5.41) is 14.4. The molecule has 0 unspecified atom stereocenters. The smallest absolute Gasteiger partial charge is 0.288 e. The van der Waals surface area contributed by atoms with E-state index in [4.69, 9.17) is 0 Å². The predicted molar refractivity (Wildman–Crippen MR) is 143 cm³/mol. The zero-order valence-electron chi connectivity index (χ0n) is 21.4. The number of amides is 2. The van der Waals surface area contributed by atoms with Gasteiger partial charge in [0.1, 0.15) is 5.01 Å². The molecule has 0 aromatic carbocycles. The lowest BCUT2D eigenvalue weighted by Crippen LogP contribution is -2.37. The molecule has 1 aliphatic heterocycles. The highest BCUT2D eigenvalue weighted by Gasteiger charge is 2.17. The van der Waals surface area contributed by atoms with Crippen LogP contribution >= 0.6 is 11.3 Å². The third-order valence-corrected chi connectivity index (χ3v) is 7.30. The number of carbonyl (C=O) groups is 2. The second-order valence-corrected chi connectivity index (χ2v) is 10.4. The molecule has 10 nitrogen and oxygen atoms in total. The van der Waals surface area contributed by atoms with E-state index in [0.29, 0.717) is 32.4 Å². The molecule has 0 bridgehead atoms. The first kappa shape index (κ1) is 27.5. The van der Waals surface area contributed by atoms with Crippen LogP contribution in [-0.2, 0) is 24.3 Å². The van der Waals surface area contributed by atoms with Gasteiger partial charge in [0.25, 0.3) is 11.5 Å². The normalized spacial score (nSPS) is 13.8. The van der Waals surface area contributed by atoms with Gasteiger partial charge in [0.15, 0.2) is 0 Å². The van der Waals surface area contributed by atoms with Crippen molar-refractivity contribution >= 4 is 28.8 Å². The SMILES string of the molecule is Cc1ccc(CNC(=O)c2nnc(CCCCn3ccc(NC(=O)CN4CCCCC4)c(F)c3=O)s2)cn1. The molecular formula is C26H32FN7O3S. The highest BCUT2D eigenvalue weighted by Crippen LogP contribution is 2.14. The van der Waals surface area contributed by atoms with Crippen LogP contribution in [0.2, 0.25) is 0 Å². The lowest BCUT2D eigenvalue weighted by atomic mass is 10.1. The van der Waals surface area contributed by atoms with Crippen LogP contribution in [0, 0.1) is 12.7 Å². The Hall–Kier alpha value is -3.51. The summed E-state index contributed by atoms with van der Waals surface area (Å²) in [6, 6.07) is 5.22. The van der Waals surface area contributed by atoms with Crippen LogP contribution in [0.3, 0.4) is 0 Å². The van der Waals surface area contributed by atoms with E-state index in [1.54, 1.807) is 6.20 Å². The molecule has 12 heteroatoms. The molecule has 1 aliphatic rings. The quantitative estimate of drug-likeness (QED) is 0.358. The van der Waals surface area contributed by atoms with Crippen molar-refractivity contribution in [3.05, 3.63) is 68.0 Å². The standard InChI is InChI=1S/C26H32FN7O3S/c1-18-8-9-19(15-28-18)16-29-24(36)25-32-31-22(38-25)7-3-6-13-34-14-10-20(23(27)26(34)37)30-21(35)17-33-11-4-2-5-12-33/h8-10,14-15H,2-7,11-13,16-17H2,1H3,(H,29,36)(H,30,35). The summed E-state index contributed by atoms with van der Waals surface area (Å²) in [4.78, 5) is 43.3. The molecule has 2 N–H and O–H groups in total. The van der Waals surface area contributed by atoms with Crippen LogP contribution in [0.5, 0.6) is 0 Å². The molecule has 3 aromatic heterocycles. The van der Waals surface area contributed by atoms with E-state index in [-0.39, 0.29) is 29.1 Å². The Labute approximate surface area is 224 Å². The van der Waals surface area contributed by atoms with Crippen LogP contribution in [0.25, 0.3) is 0 Å². The second kappa shape index (κ2) is 13.3. The van der Waals surface area contributed by atoms with Crippen molar-refractivity contribution in [2.45, 2.75) is 58.5 Å². The van der Waals surface area contributed by atoms with Gasteiger partial charge in [0.05, 0.1) is 12.2 Å². The molecule has 4 heterocycles. The molecule has 4 rings (SSSR count). The highest BCUT2D eigenvalue weighted by molar-refractivity contribution is 7.13. The molecule has 0 radical (unpaired) electrons. The molecule has 1 saturated heterocycles. The summed E-state index contributed by atoms with van der Waals surface area (Å²) in [6.45, 7) is 4.49. The number of aromatic nitrogens is 4. The molecule has 1 fully saturated rings. The first-order valence-electron chi connectivity index (χ1n) is 12.8. The average Bonchev–Trinajstić information content (AvgIpc) is 3.39. The highest BCUT2D eigenvalue weighted by atomic mass is 32.1. The van der Waals surface area contributed by atoms with Crippen LogP contribution in [0.1, 0.15) is 58.2 Å². The topological polar surface area (TPSA) is 122 Å². The van der Waals surface area contributed by atoms with E-state index < -0.39 is 11.4 Å². The maximum atomic E-state index is 14.6. The van der Waals surface area contributed by atoms with Crippen molar-refractivity contribution in [3.8, 4) is 0 Å². The number of pyridine rings is 2. The van der Waals surface area contributed by atoms with E-state index in [9.17, 15) is 18.8 Å². The molecular weight excluding hydrogens is 509 g/mol. The van der Waals surface area contributed by atoms with Crippen molar-refractivity contribution in [2.75, 3.05) is 25.0 Å². The number of anilines is 1. The second-order valence-electron chi connectivity index (χ2n) is 9.38. The molecule has 3 aromatic rings. The van der Waals surface area contributed by atoms with E-state index in [2.05, 4.69) is 25.8 Å². The van der Waals surface area contributed by atoms with Crippen molar-refractivity contribution in [3.63, 3.8) is 0 Å². The monoisotopic (exact) mass is 541 g/mol. The fraction of sp³-hybridized carbons (Fsp3) is 0.462. The van der Waals surface area contributed by atoms with Crippen molar-refractivity contribution in [1.82, 2.24) is 30.0 Å². The maximum absolute atomic E-state index is 14.6. The van der Waals surface area contributed by atoms with E-state index >= 15 is 0 Å². The average molecular weight is 542 g/mol. The minimum atomic E-state index is -0.958. The fourth-order valence-electron chi connectivity index (χ4n) is 4.20. The lowest BCUT2D eigenvalue weighted by Gasteiger charge is -2.25. The van der Waals surface area contributed by atoms with Gasteiger partial charge in [-0.1, -0.05) is 23.8 Å². The molecule has 0 aliphatic carbocycles. The zero-order valence-corrected chi connectivity index (χ0v) is 22.2. The number of piperidine rings is 1. The lowest BCUT2D eigenvalue weighted by molar-refractivity contribution is -0.117. The van der Waals surface area contributed by atoms with Crippen molar-refractivity contribution < 1.29 is 14.0 Å². The summed E-state index contributed by atoms with van der Waals surface area (Å²) in [7, 11) is 0. The number of likely N-dealkylation sites (tertiary alicyclic amines) is 1. The van der Waals surface area contributed by atoms with Gasteiger partial charge in [-0.25, -0.2) is 0 Å². The Bertz CT molecular complexity index is 1300.